The first-order chi connectivity index (χ1) is 8.22. The molecular formula is C13H20BrNOS. The van der Waals surface area contributed by atoms with E-state index in [4.69, 9.17) is 4.74 Å². The second-order valence-electron chi connectivity index (χ2n) is 4.63. The van der Waals surface area contributed by atoms with Crippen molar-refractivity contribution in [1.29, 1.82) is 0 Å². The van der Waals surface area contributed by atoms with E-state index in [-0.39, 0.29) is 0 Å². The molecular weight excluding hydrogens is 298 g/mol. The highest BCUT2D eigenvalue weighted by atomic mass is 79.9. The first-order valence-corrected chi connectivity index (χ1v) is 7.88. The minimum Gasteiger partial charge on any atom is -0.378 e. The maximum absolute atomic E-state index is 5.61. The van der Waals surface area contributed by atoms with Crippen molar-refractivity contribution in [2.75, 3.05) is 13.7 Å². The molecule has 1 aliphatic carbocycles. The van der Waals surface area contributed by atoms with E-state index in [0.29, 0.717) is 12.1 Å². The van der Waals surface area contributed by atoms with Gasteiger partial charge in [0.25, 0.3) is 0 Å². The molecule has 1 unspecified atom stereocenters. The summed E-state index contributed by atoms with van der Waals surface area (Å²) in [5.74, 6) is 0.824. The van der Waals surface area contributed by atoms with Crippen LogP contribution in [0.1, 0.15) is 37.1 Å². The number of thiophene rings is 1. The van der Waals surface area contributed by atoms with Crippen LogP contribution < -0.4 is 5.32 Å². The Labute approximate surface area is 116 Å². The third kappa shape index (κ3) is 3.53. The van der Waals surface area contributed by atoms with Crippen molar-refractivity contribution in [2.24, 2.45) is 5.92 Å². The van der Waals surface area contributed by atoms with Gasteiger partial charge < -0.3 is 10.1 Å². The molecule has 96 valence electrons. The predicted molar refractivity (Wildman–Crippen MR) is 76.6 cm³/mol. The fourth-order valence-corrected chi connectivity index (χ4v) is 4.01. The van der Waals surface area contributed by atoms with Crippen molar-refractivity contribution in [3.63, 3.8) is 0 Å². The Morgan fingerprint density at radius 2 is 2.29 bits per heavy atom. The summed E-state index contributed by atoms with van der Waals surface area (Å²) >= 11 is 5.36. The van der Waals surface area contributed by atoms with Gasteiger partial charge in [0.2, 0.25) is 0 Å². The van der Waals surface area contributed by atoms with Crippen LogP contribution in [0, 0.1) is 5.92 Å². The van der Waals surface area contributed by atoms with Gasteiger partial charge in [0.15, 0.2) is 0 Å². The number of nitrogens with one attached hydrogen (secondary N) is 1. The number of rotatable bonds is 6. The van der Waals surface area contributed by atoms with Crippen LogP contribution in [-0.4, -0.2) is 19.8 Å². The highest BCUT2D eigenvalue weighted by Crippen LogP contribution is 2.38. The van der Waals surface area contributed by atoms with E-state index in [0.717, 1.165) is 12.5 Å². The Morgan fingerprint density at radius 1 is 1.53 bits per heavy atom. The molecule has 0 aromatic carbocycles. The molecule has 1 atom stereocenters. The number of hydrogen-bond acceptors (Lipinski definition) is 3. The second kappa shape index (κ2) is 6.32. The monoisotopic (exact) mass is 317 g/mol. The molecule has 1 aromatic heterocycles. The van der Waals surface area contributed by atoms with Crippen LogP contribution in [0.15, 0.2) is 15.9 Å². The summed E-state index contributed by atoms with van der Waals surface area (Å²) in [6.07, 6.45) is 4.22. The van der Waals surface area contributed by atoms with Gasteiger partial charge in [0.1, 0.15) is 0 Å². The van der Waals surface area contributed by atoms with Gasteiger partial charge in [-0.25, -0.2) is 0 Å². The van der Waals surface area contributed by atoms with Crippen LogP contribution in [0.5, 0.6) is 0 Å². The molecule has 4 heteroatoms. The molecule has 17 heavy (non-hydrogen) atoms. The van der Waals surface area contributed by atoms with Crippen LogP contribution in [-0.2, 0) is 4.74 Å². The minimum absolute atomic E-state index is 0.499. The zero-order valence-electron chi connectivity index (χ0n) is 10.4. The predicted octanol–water partition coefficient (Wildman–Crippen LogP) is 3.98. The highest BCUT2D eigenvalue weighted by molar-refractivity contribution is 9.11. The molecule has 1 aliphatic rings. The van der Waals surface area contributed by atoms with E-state index in [9.17, 15) is 0 Å². The van der Waals surface area contributed by atoms with Crippen LogP contribution in [0.3, 0.4) is 0 Å². The van der Waals surface area contributed by atoms with Crippen molar-refractivity contribution in [1.82, 2.24) is 5.32 Å². The first-order valence-electron chi connectivity index (χ1n) is 6.27. The Bertz CT molecular complexity index is 349. The normalized spacial score (nSPS) is 25.6. The van der Waals surface area contributed by atoms with Crippen LogP contribution in [0.2, 0.25) is 0 Å². The van der Waals surface area contributed by atoms with E-state index >= 15 is 0 Å². The molecule has 1 fully saturated rings. The average Bonchev–Trinajstić information content (AvgIpc) is 2.68. The minimum atomic E-state index is 0.499. The van der Waals surface area contributed by atoms with Gasteiger partial charge in [0.05, 0.1) is 9.89 Å². The summed E-state index contributed by atoms with van der Waals surface area (Å²) in [7, 11) is 2.05. The van der Waals surface area contributed by atoms with Crippen molar-refractivity contribution in [2.45, 2.75) is 38.3 Å². The largest absolute Gasteiger partial charge is 0.378 e. The molecule has 0 bridgehead atoms. The molecule has 2 nitrogen and oxygen atoms in total. The van der Waals surface area contributed by atoms with E-state index in [1.54, 1.807) is 0 Å². The zero-order chi connectivity index (χ0) is 12.3. The molecule has 1 N–H and O–H groups in total. The van der Waals surface area contributed by atoms with Gasteiger partial charge in [-0.3, -0.25) is 0 Å². The van der Waals surface area contributed by atoms with Crippen molar-refractivity contribution in [3.8, 4) is 0 Å². The zero-order valence-corrected chi connectivity index (χ0v) is 12.8. The molecule has 0 radical (unpaired) electrons. The van der Waals surface area contributed by atoms with Gasteiger partial charge >= 0.3 is 0 Å². The standard InChI is InChI=1S/C13H20BrNOS/c1-3-16-10-6-9(7-10)8-11(15-2)12-4-5-13(14)17-12/h4-5,9-11,15H,3,6-8H2,1-2H3. The number of ether oxygens (including phenoxy) is 1. The molecule has 0 amide bonds. The third-order valence-electron chi connectivity index (χ3n) is 3.45. The van der Waals surface area contributed by atoms with E-state index < -0.39 is 0 Å². The Morgan fingerprint density at radius 3 is 2.82 bits per heavy atom. The van der Waals surface area contributed by atoms with Gasteiger partial charge in [-0.2, -0.15) is 0 Å². The fourth-order valence-electron chi connectivity index (χ4n) is 2.46. The SMILES string of the molecule is CCOC1CC(CC(NC)c2ccc(Br)s2)C1. The maximum atomic E-state index is 5.61. The molecule has 1 saturated carbocycles. The van der Waals surface area contributed by atoms with Crippen LogP contribution >= 0.6 is 27.3 Å². The van der Waals surface area contributed by atoms with E-state index in [1.807, 2.05) is 11.3 Å². The summed E-state index contributed by atoms with van der Waals surface area (Å²) in [4.78, 5) is 1.43. The Balaban J connectivity index is 1.81. The maximum Gasteiger partial charge on any atom is 0.0701 e. The van der Waals surface area contributed by atoms with Gasteiger partial charge in [-0.05, 0) is 67.2 Å². The summed E-state index contributed by atoms with van der Waals surface area (Å²) in [5, 5.41) is 3.43. The van der Waals surface area contributed by atoms with Gasteiger partial charge in [0, 0.05) is 17.5 Å². The molecule has 0 aliphatic heterocycles. The average molecular weight is 318 g/mol. The smallest absolute Gasteiger partial charge is 0.0701 e. The van der Waals surface area contributed by atoms with Crippen LogP contribution in [0.25, 0.3) is 0 Å². The Kier molecular flexibility index (Phi) is 5.03. The third-order valence-corrected chi connectivity index (χ3v) is 5.19. The number of halogens is 1. The Hall–Kier alpha value is 0.1000. The van der Waals surface area contributed by atoms with Crippen molar-refractivity contribution >= 4 is 27.3 Å². The number of hydrogen-bond donors (Lipinski definition) is 1. The van der Waals surface area contributed by atoms with Gasteiger partial charge in [-0.1, -0.05) is 0 Å². The quantitative estimate of drug-likeness (QED) is 0.857. The molecule has 0 saturated heterocycles. The molecule has 1 heterocycles. The van der Waals surface area contributed by atoms with E-state index in [2.05, 4.69) is 47.4 Å². The second-order valence-corrected chi connectivity index (χ2v) is 7.13. The first kappa shape index (κ1) is 13.5. The van der Waals surface area contributed by atoms with Gasteiger partial charge in [-0.15, -0.1) is 11.3 Å². The topological polar surface area (TPSA) is 21.3 Å². The molecule has 2 rings (SSSR count). The van der Waals surface area contributed by atoms with Crippen molar-refractivity contribution < 1.29 is 4.74 Å². The lowest BCUT2D eigenvalue weighted by Gasteiger charge is -2.36. The summed E-state index contributed by atoms with van der Waals surface area (Å²) in [6.45, 7) is 2.93. The molecule has 0 spiro atoms. The molecule has 1 aromatic rings. The summed E-state index contributed by atoms with van der Waals surface area (Å²) in [6, 6.07) is 4.85. The fraction of sp³-hybridized carbons (Fsp3) is 0.692. The van der Waals surface area contributed by atoms with Crippen LogP contribution in [0.4, 0.5) is 0 Å². The highest BCUT2D eigenvalue weighted by Gasteiger charge is 2.31. The lowest BCUT2D eigenvalue weighted by atomic mass is 9.78. The summed E-state index contributed by atoms with van der Waals surface area (Å²) in [5.41, 5.74) is 0. The summed E-state index contributed by atoms with van der Waals surface area (Å²) < 4.78 is 6.82. The lowest BCUT2D eigenvalue weighted by molar-refractivity contribution is -0.0288. The van der Waals surface area contributed by atoms with Crippen molar-refractivity contribution in [3.05, 3.63) is 20.8 Å². The van der Waals surface area contributed by atoms with E-state index in [1.165, 1.54) is 27.9 Å². The lowest BCUT2D eigenvalue weighted by Crippen LogP contribution is -2.34.